The summed E-state index contributed by atoms with van der Waals surface area (Å²) in [5.41, 5.74) is 5.64. The molecule has 0 aliphatic heterocycles. The van der Waals surface area contributed by atoms with E-state index in [0.717, 1.165) is 6.08 Å². The van der Waals surface area contributed by atoms with Gasteiger partial charge < -0.3 is 0 Å². The lowest BCUT2D eigenvalue weighted by molar-refractivity contribution is 0.563. The van der Waals surface area contributed by atoms with Gasteiger partial charge in [0.15, 0.2) is 0 Å². The first kappa shape index (κ1) is 15.8. The van der Waals surface area contributed by atoms with Gasteiger partial charge in [-0.2, -0.15) is 0 Å². The Hall–Kier alpha value is -1.66. The van der Waals surface area contributed by atoms with Gasteiger partial charge in [0.25, 0.3) is 0 Å². The normalized spacial score (nSPS) is 7.47. The minimum absolute atomic E-state index is 0.750. The number of aryl methyl sites for hydroxylation is 2. The average Bonchev–Trinajstić information content (AvgIpc) is 2.25. The number of isocyanates is 1. The quantitative estimate of drug-likeness (QED) is 0.392. The van der Waals surface area contributed by atoms with Crippen molar-refractivity contribution in [3.63, 3.8) is 0 Å². The molecule has 82 valence electrons. The minimum atomic E-state index is 0.750. The van der Waals surface area contributed by atoms with Gasteiger partial charge in [-0.15, -0.1) is 13.2 Å². The van der Waals surface area contributed by atoms with Crippen LogP contribution in [0.5, 0.6) is 0 Å². The highest BCUT2D eigenvalue weighted by molar-refractivity contribution is 5.37. The summed E-state index contributed by atoms with van der Waals surface area (Å²) in [5, 5.41) is 5.40. The molecule has 1 rings (SSSR count). The van der Waals surface area contributed by atoms with Gasteiger partial charge in [-0.05, 0) is 49.9 Å². The van der Waals surface area contributed by atoms with Crippen LogP contribution in [0.15, 0.2) is 25.3 Å². The average molecular weight is 205 g/mol. The van der Waals surface area contributed by atoms with E-state index in [1.165, 1.54) is 22.3 Å². The number of nitrogens with one attached hydrogen (secondary N) is 1. The number of benzene rings is 1. The lowest BCUT2D eigenvalue weighted by atomic mass is 10.0. The lowest BCUT2D eigenvalue weighted by Gasteiger charge is -2.06. The molecule has 0 spiro atoms. The number of hydrogen-bond acceptors (Lipinski definition) is 2. The summed E-state index contributed by atoms with van der Waals surface area (Å²) in [5.74, 6) is 0. The first-order valence-corrected chi connectivity index (χ1v) is 4.61. The Bertz CT molecular complexity index is 310. The molecule has 15 heavy (non-hydrogen) atoms. The van der Waals surface area contributed by atoms with Crippen LogP contribution in [-0.4, -0.2) is 6.08 Å². The third-order valence-electron chi connectivity index (χ3n) is 2.33. The van der Waals surface area contributed by atoms with E-state index in [-0.39, 0.29) is 0 Å². The number of carbonyl (C=O) groups excluding carboxylic acids is 1. The molecule has 0 heterocycles. The van der Waals surface area contributed by atoms with E-state index < -0.39 is 0 Å². The molecule has 0 amide bonds. The van der Waals surface area contributed by atoms with Crippen molar-refractivity contribution in [1.29, 1.82) is 5.41 Å². The van der Waals surface area contributed by atoms with E-state index >= 15 is 0 Å². The van der Waals surface area contributed by atoms with Crippen LogP contribution >= 0.6 is 0 Å². The summed E-state index contributed by atoms with van der Waals surface area (Å²) < 4.78 is 0. The first-order chi connectivity index (χ1) is 7.04. The molecule has 1 aromatic carbocycles. The maximum atomic E-state index is 8.35. The molecular weight excluding hydrogens is 186 g/mol. The zero-order chi connectivity index (χ0) is 12.4. The van der Waals surface area contributed by atoms with Gasteiger partial charge in [0.1, 0.15) is 0 Å². The van der Waals surface area contributed by atoms with Gasteiger partial charge in [0, 0.05) is 0 Å². The molecule has 0 unspecified atom stereocenters. The van der Waals surface area contributed by atoms with E-state index in [0.29, 0.717) is 0 Å². The molecule has 1 aromatic rings. The predicted octanol–water partition coefficient (Wildman–Crippen LogP) is 3.62. The first-order valence-electron chi connectivity index (χ1n) is 4.61. The van der Waals surface area contributed by atoms with Crippen molar-refractivity contribution in [2.24, 2.45) is 0 Å². The Kier molecular flexibility index (Phi) is 9.39. The van der Waals surface area contributed by atoms with Gasteiger partial charge in [0.2, 0.25) is 6.08 Å². The molecule has 0 saturated heterocycles. The SMILES string of the molecule is C=C.Cc1ccc(C)c(C)c1C.N=C=O. The highest BCUT2D eigenvalue weighted by atomic mass is 16.1. The summed E-state index contributed by atoms with van der Waals surface area (Å²) in [6.07, 6.45) is 0.750. The zero-order valence-corrected chi connectivity index (χ0v) is 9.98. The maximum Gasteiger partial charge on any atom is 0.231 e. The molecule has 0 bridgehead atoms. The standard InChI is InChI=1S/C10H14.C2H4.CHNO/c1-7-5-6-8(2)10(4)9(7)3;1-2;2-1-3/h5-6H,1-4H3;1-2H2;2H. The second-order valence-electron chi connectivity index (χ2n) is 3.05. The highest BCUT2D eigenvalue weighted by Crippen LogP contribution is 2.15. The van der Waals surface area contributed by atoms with Crippen LogP contribution in [0, 0.1) is 33.1 Å². The van der Waals surface area contributed by atoms with Crippen molar-refractivity contribution in [3.8, 4) is 0 Å². The molecule has 0 aliphatic rings. The smallest absolute Gasteiger partial charge is 0.222 e. The Labute approximate surface area is 92.2 Å². The van der Waals surface area contributed by atoms with Crippen molar-refractivity contribution < 1.29 is 4.79 Å². The number of hydrogen-bond donors (Lipinski definition) is 1. The Balaban J connectivity index is 0. The van der Waals surface area contributed by atoms with Crippen molar-refractivity contribution in [3.05, 3.63) is 47.5 Å². The summed E-state index contributed by atoms with van der Waals surface area (Å²) in [4.78, 5) is 8.35. The van der Waals surface area contributed by atoms with Gasteiger partial charge in [-0.3, -0.25) is 0 Å². The third kappa shape index (κ3) is 5.61. The molecule has 0 aliphatic carbocycles. The minimum Gasteiger partial charge on any atom is -0.222 e. The van der Waals surface area contributed by atoms with E-state index in [1.54, 1.807) is 0 Å². The molecule has 0 radical (unpaired) electrons. The van der Waals surface area contributed by atoms with Crippen LogP contribution in [0.2, 0.25) is 0 Å². The topological polar surface area (TPSA) is 40.9 Å². The molecule has 2 nitrogen and oxygen atoms in total. The fourth-order valence-electron chi connectivity index (χ4n) is 1.09. The largest absolute Gasteiger partial charge is 0.231 e. The number of rotatable bonds is 0. The van der Waals surface area contributed by atoms with Crippen molar-refractivity contribution in [1.82, 2.24) is 0 Å². The van der Waals surface area contributed by atoms with Crippen molar-refractivity contribution in [2.45, 2.75) is 27.7 Å². The molecule has 1 N–H and O–H groups in total. The van der Waals surface area contributed by atoms with Crippen LogP contribution in [0.3, 0.4) is 0 Å². The lowest BCUT2D eigenvalue weighted by Crippen LogP contribution is -1.88. The van der Waals surface area contributed by atoms with E-state index in [9.17, 15) is 0 Å². The van der Waals surface area contributed by atoms with Crippen LogP contribution in [0.1, 0.15) is 22.3 Å². The Morgan fingerprint density at radius 1 is 1.00 bits per heavy atom. The second kappa shape index (κ2) is 8.92. The van der Waals surface area contributed by atoms with Gasteiger partial charge in [-0.1, -0.05) is 12.1 Å². The summed E-state index contributed by atoms with van der Waals surface area (Å²) in [6, 6.07) is 4.36. The maximum absolute atomic E-state index is 8.35. The van der Waals surface area contributed by atoms with E-state index in [4.69, 9.17) is 10.2 Å². The molecule has 0 atom stereocenters. The van der Waals surface area contributed by atoms with Gasteiger partial charge in [-0.25, -0.2) is 10.2 Å². The van der Waals surface area contributed by atoms with Crippen LogP contribution < -0.4 is 0 Å². The summed E-state index contributed by atoms with van der Waals surface area (Å²) in [6.45, 7) is 14.7. The summed E-state index contributed by atoms with van der Waals surface area (Å²) in [7, 11) is 0. The third-order valence-corrected chi connectivity index (χ3v) is 2.33. The van der Waals surface area contributed by atoms with Gasteiger partial charge >= 0.3 is 0 Å². The zero-order valence-electron chi connectivity index (χ0n) is 9.98. The molecule has 0 fully saturated rings. The Morgan fingerprint density at radius 2 is 1.20 bits per heavy atom. The molecule has 0 aromatic heterocycles. The predicted molar refractivity (Wildman–Crippen MR) is 65.1 cm³/mol. The highest BCUT2D eigenvalue weighted by Gasteiger charge is 1.97. The van der Waals surface area contributed by atoms with E-state index in [1.807, 2.05) is 0 Å². The van der Waals surface area contributed by atoms with Crippen LogP contribution in [0.4, 0.5) is 0 Å². The Morgan fingerprint density at radius 3 is 1.40 bits per heavy atom. The molecule has 0 saturated carbocycles. The van der Waals surface area contributed by atoms with Gasteiger partial charge in [0.05, 0.1) is 0 Å². The van der Waals surface area contributed by atoms with Crippen LogP contribution in [-0.2, 0) is 4.79 Å². The fourth-order valence-corrected chi connectivity index (χ4v) is 1.09. The second-order valence-corrected chi connectivity index (χ2v) is 3.05. The monoisotopic (exact) mass is 205 g/mol. The molecule has 2 heteroatoms. The van der Waals surface area contributed by atoms with Crippen molar-refractivity contribution in [2.75, 3.05) is 0 Å². The fraction of sp³-hybridized carbons (Fsp3) is 0.308. The van der Waals surface area contributed by atoms with Crippen molar-refractivity contribution >= 4 is 6.08 Å². The van der Waals surface area contributed by atoms with Crippen LogP contribution in [0.25, 0.3) is 0 Å². The molecular formula is C13H19NO. The van der Waals surface area contributed by atoms with E-state index in [2.05, 4.69) is 53.0 Å². The summed E-state index contributed by atoms with van der Waals surface area (Å²) >= 11 is 0.